The van der Waals surface area contributed by atoms with Gasteiger partial charge in [-0.2, -0.15) is 0 Å². The summed E-state index contributed by atoms with van der Waals surface area (Å²) in [5.41, 5.74) is 0.994. The largest absolute Gasteiger partial charge is 0.493 e. The van der Waals surface area contributed by atoms with Crippen molar-refractivity contribution < 1.29 is 14.6 Å². The molecule has 0 aliphatic rings. The molecule has 0 amide bonds. The summed E-state index contributed by atoms with van der Waals surface area (Å²) in [5.74, 6) is 0.0242. The molecule has 2 rings (SSSR count). The van der Waals surface area contributed by atoms with Crippen molar-refractivity contribution in [3.05, 3.63) is 42.0 Å². The Morgan fingerprint density at radius 3 is 2.74 bits per heavy atom. The third-order valence-electron chi connectivity index (χ3n) is 3.05. The minimum Gasteiger partial charge on any atom is -0.493 e. The van der Waals surface area contributed by atoms with Crippen molar-refractivity contribution in [3.63, 3.8) is 0 Å². The molecule has 0 unspecified atom stereocenters. The third kappa shape index (κ3) is 3.25. The van der Waals surface area contributed by atoms with E-state index in [0.29, 0.717) is 13.0 Å². The van der Waals surface area contributed by atoms with Crippen LogP contribution in [0.1, 0.15) is 25.3 Å². The Balaban J connectivity index is 2.41. The highest BCUT2D eigenvalue weighted by atomic mass is 16.5. The number of carboxylic acids is 1. The Labute approximate surface area is 112 Å². The van der Waals surface area contributed by atoms with Crippen molar-refractivity contribution in [1.29, 1.82) is 0 Å². The zero-order valence-corrected chi connectivity index (χ0v) is 11.1. The number of hydrogen-bond acceptors (Lipinski definition) is 2. The quantitative estimate of drug-likeness (QED) is 0.860. The van der Waals surface area contributed by atoms with Crippen molar-refractivity contribution >= 4 is 16.7 Å². The van der Waals surface area contributed by atoms with Gasteiger partial charge in [0.15, 0.2) is 0 Å². The molecule has 0 aliphatic carbocycles. The van der Waals surface area contributed by atoms with Crippen LogP contribution >= 0.6 is 0 Å². The number of carboxylic acid groups (broad SMARTS) is 1. The van der Waals surface area contributed by atoms with Gasteiger partial charge in [-0.15, -0.1) is 0 Å². The molecule has 19 heavy (non-hydrogen) atoms. The molecular formula is C16H18O3. The topological polar surface area (TPSA) is 46.5 Å². The number of hydrogen-bond donors (Lipinski definition) is 1. The summed E-state index contributed by atoms with van der Waals surface area (Å²) < 4.78 is 5.73. The summed E-state index contributed by atoms with van der Waals surface area (Å²) in [4.78, 5) is 10.8. The Morgan fingerprint density at radius 1 is 1.21 bits per heavy atom. The van der Waals surface area contributed by atoms with Crippen LogP contribution in [0.25, 0.3) is 10.8 Å². The maximum absolute atomic E-state index is 10.8. The Bertz CT molecular complexity index is 575. The number of benzene rings is 2. The lowest BCUT2D eigenvalue weighted by atomic mass is 10.00. The first-order valence-electron chi connectivity index (χ1n) is 6.57. The Kier molecular flexibility index (Phi) is 4.39. The molecule has 0 saturated heterocycles. The van der Waals surface area contributed by atoms with Crippen LogP contribution in [0.3, 0.4) is 0 Å². The monoisotopic (exact) mass is 258 g/mol. The fourth-order valence-corrected chi connectivity index (χ4v) is 2.15. The molecule has 2 aromatic rings. The summed E-state index contributed by atoms with van der Waals surface area (Å²) in [6, 6.07) is 12.0. The Morgan fingerprint density at radius 2 is 2.00 bits per heavy atom. The average molecular weight is 258 g/mol. The molecule has 3 heteroatoms. The number of aryl methyl sites for hydroxylation is 1. The molecule has 2 aromatic carbocycles. The summed E-state index contributed by atoms with van der Waals surface area (Å²) >= 11 is 0. The number of ether oxygens (including phenoxy) is 1. The number of carbonyl (C=O) groups is 1. The van der Waals surface area contributed by atoms with Crippen LogP contribution in [0, 0.1) is 0 Å². The average Bonchev–Trinajstić information content (AvgIpc) is 2.42. The summed E-state index contributed by atoms with van der Waals surface area (Å²) in [6.45, 7) is 2.70. The molecule has 0 atom stereocenters. The lowest BCUT2D eigenvalue weighted by Gasteiger charge is -2.13. The molecule has 1 N–H and O–H groups in total. The molecule has 0 fully saturated rings. The fraction of sp³-hybridized carbons (Fsp3) is 0.312. The van der Waals surface area contributed by atoms with E-state index in [0.717, 1.165) is 28.5 Å². The lowest BCUT2D eigenvalue weighted by molar-refractivity contribution is -0.136. The highest BCUT2D eigenvalue weighted by molar-refractivity contribution is 5.88. The number of fused-ring (bicyclic) bond motifs is 1. The minimum atomic E-state index is -0.783. The molecule has 0 aromatic heterocycles. The minimum absolute atomic E-state index is 0.122. The van der Waals surface area contributed by atoms with Crippen LogP contribution in [0.15, 0.2) is 36.4 Å². The zero-order valence-electron chi connectivity index (χ0n) is 11.1. The van der Waals surface area contributed by atoms with E-state index in [9.17, 15) is 4.79 Å². The standard InChI is InChI=1S/C16H18O3/c1-2-11-19-15-9-7-12-5-3-4-6-13(12)14(15)8-10-16(17)18/h3-7,9H,2,8,10-11H2,1H3,(H,17,18). The molecule has 0 heterocycles. The van der Waals surface area contributed by atoms with E-state index in [2.05, 4.69) is 6.92 Å². The number of rotatable bonds is 6. The summed E-state index contributed by atoms with van der Waals surface area (Å²) in [7, 11) is 0. The molecule has 0 aliphatic heterocycles. The summed E-state index contributed by atoms with van der Waals surface area (Å²) in [5, 5.41) is 11.1. The van der Waals surface area contributed by atoms with Crippen molar-refractivity contribution in [2.24, 2.45) is 0 Å². The SMILES string of the molecule is CCCOc1ccc2ccccc2c1CCC(=O)O. The first-order valence-corrected chi connectivity index (χ1v) is 6.57. The van der Waals surface area contributed by atoms with Gasteiger partial charge in [-0.25, -0.2) is 0 Å². The van der Waals surface area contributed by atoms with Gasteiger partial charge in [-0.3, -0.25) is 4.79 Å². The van der Waals surface area contributed by atoms with Gasteiger partial charge in [0, 0.05) is 12.0 Å². The number of aliphatic carboxylic acids is 1. The van der Waals surface area contributed by atoms with Crippen LogP contribution in [0.2, 0.25) is 0 Å². The van der Waals surface area contributed by atoms with E-state index in [4.69, 9.17) is 9.84 Å². The van der Waals surface area contributed by atoms with Gasteiger partial charge in [-0.1, -0.05) is 37.3 Å². The highest BCUT2D eigenvalue weighted by Gasteiger charge is 2.10. The van der Waals surface area contributed by atoms with Crippen LogP contribution in [-0.4, -0.2) is 17.7 Å². The lowest BCUT2D eigenvalue weighted by Crippen LogP contribution is -2.03. The van der Waals surface area contributed by atoms with Gasteiger partial charge < -0.3 is 9.84 Å². The first kappa shape index (κ1) is 13.4. The molecular weight excluding hydrogens is 240 g/mol. The van der Waals surface area contributed by atoms with Crippen molar-refractivity contribution in [1.82, 2.24) is 0 Å². The van der Waals surface area contributed by atoms with Gasteiger partial charge in [0.2, 0.25) is 0 Å². The molecule has 100 valence electrons. The van der Waals surface area contributed by atoms with Gasteiger partial charge >= 0.3 is 5.97 Å². The van der Waals surface area contributed by atoms with E-state index in [-0.39, 0.29) is 6.42 Å². The Hall–Kier alpha value is -2.03. The predicted molar refractivity (Wildman–Crippen MR) is 75.7 cm³/mol. The van der Waals surface area contributed by atoms with Crippen LogP contribution < -0.4 is 4.74 Å². The fourth-order valence-electron chi connectivity index (χ4n) is 2.15. The van der Waals surface area contributed by atoms with E-state index in [1.54, 1.807) is 0 Å². The van der Waals surface area contributed by atoms with E-state index >= 15 is 0 Å². The normalized spacial score (nSPS) is 10.6. The van der Waals surface area contributed by atoms with E-state index in [1.165, 1.54) is 0 Å². The van der Waals surface area contributed by atoms with E-state index < -0.39 is 5.97 Å². The van der Waals surface area contributed by atoms with E-state index in [1.807, 2.05) is 36.4 Å². The van der Waals surface area contributed by atoms with Crippen molar-refractivity contribution in [2.75, 3.05) is 6.61 Å². The maximum Gasteiger partial charge on any atom is 0.303 e. The van der Waals surface area contributed by atoms with Gasteiger partial charge in [0.1, 0.15) is 5.75 Å². The first-order chi connectivity index (χ1) is 9.22. The second-order valence-electron chi connectivity index (χ2n) is 4.51. The van der Waals surface area contributed by atoms with Gasteiger partial charge in [0.25, 0.3) is 0 Å². The second-order valence-corrected chi connectivity index (χ2v) is 4.51. The maximum atomic E-state index is 10.8. The van der Waals surface area contributed by atoms with Crippen molar-refractivity contribution in [3.8, 4) is 5.75 Å². The van der Waals surface area contributed by atoms with Crippen LogP contribution in [0.4, 0.5) is 0 Å². The van der Waals surface area contributed by atoms with Gasteiger partial charge in [0.05, 0.1) is 6.61 Å². The molecule has 0 radical (unpaired) electrons. The predicted octanol–water partition coefficient (Wildman–Crippen LogP) is 3.65. The molecule has 0 spiro atoms. The third-order valence-corrected chi connectivity index (χ3v) is 3.05. The smallest absolute Gasteiger partial charge is 0.303 e. The van der Waals surface area contributed by atoms with Crippen molar-refractivity contribution in [2.45, 2.75) is 26.2 Å². The van der Waals surface area contributed by atoms with Crippen LogP contribution in [-0.2, 0) is 11.2 Å². The van der Waals surface area contributed by atoms with Gasteiger partial charge in [-0.05, 0) is 29.7 Å². The second kappa shape index (κ2) is 6.23. The summed E-state index contributed by atoms with van der Waals surface area (Å²) in [6.07, 6.45) is 1.55. The highest BCUT2D eigenvalue weighted by Crippen LogP contribution is 2.29. The van der Waals surface area contributed by atoms with Crippen LogP contribution in [0.5, 0.6) is 5.75 Å². The zero-order chi connectivity index (χ0) is 13.7. The molecule has 0 bridgehead atoms. The molecule has 3 nitrogen and oxygen atoms in total. The molecule has 0 saturated carbocycles.